The number of H-pyrrole nitrogens is 1. The molecule has 0 atom stereocenters. The maximum atomic E-state index is 13.9. The first kappa shape index (κ1) is 24.2. The van der Waals surface area contributed by atoms with E-state index in [1.165, 1.54) is 24.3 Å². The van der Waals surface area contributed by atoms with Crippen LogP contribution in [0.5, 0.6) is 0 Å². The maximum absolute atomic E-state index is 13.9. The molecule has 5 rings (SSSR count). The van der Waals surface area contributed by atoms with Gasteiger partial charge in [0.05, 0.1) is 23.4 Å². The summed E-state index contributed by atoms with van der Waals surface area (Å²) in [5, 5.41) is 8.99. The third-order valence-electron chi connectivity index (χ3n) is 6.06. The molecule has 1 aliphatic rings. The van der Waals surface area contributed by atoms with Crippen molar-refractivity contribution in [3.63, 3.8) is 0 Å². The Bertz CT molecular complexity index is 1490. The Balaban J connectivity index is 1.48. The summed E-state index contributed by atoms with van der Waals surface area (Å²) in [6, 6.07) is 15.2. The first-order chi connectivity index (χ1) is 17.7. The summed E-state index contributed by atoms with van der Waals surface area (Å²) in [6.07, 6.45) is 2.18. The number of nitrogens with one attached hydrogen (secondary N) is 4. The number of aromatic amines is 1. The fourth-order valence-electron chi connectivity index (χ4n) is 4.47. The predicted molar refractivity (Wildman–Crippen MR) is 138 cm³/mol. The normalized spacial score (nSPS) is 14.0. The second-order valence-electron chi connectivity index (χ2n) is 9.66. The molecule has 4 aromatic rings. The van der Waals surface area contributed by atoms with Gasteiger partial charge in [0.25, 0.3) is 5.91 Å². The second kappa shape index (κ2) is 9.50. The minimum Gasteiger partial charge on any atom is -0.356 e. The Labute approximate surface area is 212 Å². The van der Waals surface area contributed by atoms with Gasteiger partial charge in [-0.2, -0.15) is 0 Å². The van der Waals surface area contributed by atoms with Crippen LogP contribution in [0.4, 0.5) is 26.0 Å². The molecule has 0 saturated carbocycles. The fraction of sp³-hybridized carbons (Fsp3) is 0.179. The van der Waals surface area contributed by atoms with Gasteiger partial charge in [0.2, 0.25) is 5.91 Å². The fourth-order valence-corrected chi connectivity index (χ4v) is 4.47. The van der Waals surface area contributed by atoms with Gasteiger partial charge in [0, 0.05) is 35.1 Å². The van der Waals surface area contributed by atoms with Crippen molar-refractivity contribution in [2.75, 3.05) is 10.6 Å². The van der Waals surface area contributed by atoms with Crippen molar-refractivity contribution in [1.82, 2.24) is 15.3 Å². The molecule has 3 heterocycles. The zero-order chi connectivity index (χ0) is 26.2. The van der Waals surface area contributed by atoms with Crippen molar-refractivity contribution in [1.29, 1.82) is 0 Å². The molecule has 188 valence electrons. The van der Waals surface area contributed by atoms with Crippen LogP contribution in [0.3, 0.4) is 0 Å². The van der Waals surface area contributed by atoms with Crippen LogP contribution in [0, 0.1) is 11.6 Å². The third kappa shape index (κ3) is 5.35. The Kier molecular flexibility index (Phi) is 6.20. The van der Waals surface area contributed by atoms with Crippen LogP contribution < -0.4 is 16.0 Å². The lowest BCUT2D eigenvalue weighted by molar-refractivity contribution is -0.115. The number of halogens is 2. The summed E-state index contributed by atoms with van der Waals surface area (Å²) in [4.78, 5) is 33.3. The van der Waals surface area contributed by atoms with Crippen molar-refractivity contribution in [3.8, 4) is 11.3 Å². The molecule has 0 aliphatic carbocycles. The van der Waals surface area contributed by atoms with E-state index in [1.54, 1.807) is 42.6 Å². The monoisotopic (exact) mass is 501 g/mol. The van der Waals surface area contributed by atoms with E-state index in [-0.39, 0.29) is 24.1 Å². The van der Waals surface area contributed by atoms with Crippen LogP contribution in [0.1, 0.15) is 35.5 Å². The zero-order valence-electron chi connectivity index (χ0n) is 20.3. The average Bonchev–Trinajstić information content (AvgIpc) is 3.18. The molecule has 0 unspecified atom stereocenters. The maximum Gasteiger partial charge on any atom is 0.255 e. The van der Waals surface area contributed by atoms with Crippen molar-refractivity contribution in [2.45, 2.75) is 32.2 Å². The molecule has 0 spiro atoms. The Morgan fingerprint density at radius 3 is 2.59 bits per heavy atom. The third-order valence-corrected chi connectivity index (χ3v) is 6.06. The van der Waals surface area contributed by atoms with Gasteiger partial charge in [-0.1, -0.05) is 18.2 Å². The summed E-state index contributed by atoms with van der Waals surface area (Å²) in [7, 11) is 0. The molecule has 4 N–H and O–H groups in total. The Morgan fingerprint density at radius 1 is 1.05 bits per heavy atom. The van der Waals surface area contributed by atoms with Gasteiger partial charge in [-0.25, -0.2) is 13.8 Å². The lowest BCUT2D eigenvalue weighted by Crippen LogP contribution is -2.49. The first-order valence-electron chi connectivity index (χ1n) is 11.8. The van der Waals surface area contributed by atoms with Gasteiger partial charge < -0.3 is 20.9 Å². The van der Waals surface area contributed by atoms with E-state index >= 15 is 0 Å². The predicted octanol–water partition coefficient (Wildman–Crippen LogP) is 5.34. The van der Waals surface area contributed by atoms with Crippen molar-refractivity contribution in [3.05, 3.63) is 95.3 Å². The number of amides is 2. The van der Waals surface area contributed by atoms with E-state index in [4.69, 9.17) is 0 Å². The van der Waals surface area contributed by atoms with Gasteiger partial charge in [-0.05, 0) is 61.9 Å². The number of rotatable bonds is 6. The topological polar surface area (TPSA) is 98.9 Å². The zero-order valence-corrected chi connectivity index (χ0v) is 20.3. The molecule has 0 fully saturated rings. The van der Waals surface area contributed by atoms with Crippen LogP contribution in [0.25, 0.3) is 11.3 Å². The lowest BCUT2D eigenvalue weighted by Gasteiger charge is -2.30. The summed E-state index contributed by atoms with van der Waals surface area (Å²) < 4.78 is 27.0. The quantitative estimate of drug-likeness (QED) is 0.286. The van der Waals surface area contributed by atoms with Crippen molar-refractivity contribution in [2.24, 2.45) is 0 Å². The number of carbonyl (C=O) groups excluding carboxylic acids is 2. The number of hydrogen-bond donors (Lipinski definition) is 4. The highest BCUT2D eigenvalue weighted by atomic mass is 19.1. The van der Waals surface area contributed by atoms with Gasteiger partial charge in [-0.15, -0.1) is 0 Å². The molecule has 1 aliphatic heterocycles. The van der Waals surface area contributed by atoms with Gasteiger partial charge in [0.1, 0.15) is 17.5 Å². The number of nitrogens with zero attached hydrogens (tertiary/aromatic N) is 1. The first-order valence-corrected chi connectivity index (χ1v) is 11.8. The van der Waals surface area contributed by atoms with Gasteiger partial charge in [0.15, 0.2) is 0 Å². The smallest absolute Gasteiger partial charge is 0.255 e. The highest BCUT2D eigenvalue weighted by molar-refractivity contribution is 6.06. The van der Waals surface area contributed by atoms with E-state index in [0.29, 0.717) is 46.0 Å². The van der Waals surface area contributed by atoms with E-state index in [9.17, 15) is 18.4 Å². The number of benzene rings is 2. The number of anilines is 3. The van der Waals surface area contributed by atoms with Crippen LogP contribution in [-0.2, 0) is 17.6 Å². The van der Waals surface area contributed by atoms with E-state index in [1.807, 2.05) is 13.8 Å². The summed E-state index contributed by atoms with van der Waals surface area (Å²) in [5.74, 6) is -1.00. The Morgan fingerprint density at radius 2 is 1.84 bits per heavy atom. The Hall–Kier alpha value is -4.53. The lowest BCUT2D eigenvalue weighted by atomic mass is 9.91. The molecule has 0 radical (unpaired) electrons. The van der Waals surface area contributed by atoms with Crippen LogP contribution >= 0.6 is 0 Å². The van der Waals surface area contributed by atoms with Crippen molar-refractivity contribution < 1.29 is 18.4 Å². The number of pyridine rings is 1. The summed E-state index contributed by atoms with van der Waals surface area (Å²) >= 11 is 0. The summed E-state index contributed by atoms with van der Waals surface area (Å²) in [5.41, 5.74) is 3.71. The minimum atomic E-state index is -0.444. The van der Waals surface area contributed by atoms with Crippen molar-refractivity contribution >= 4 is 29.0 Å². The standard InChI is InChI=1S/C28H25F2N5O2/c1-28(2)15-21-24(27(37)35-28)26(32-20-5-3-4-19(30)14-20)25(33-21)17-10-11-31-22(13-17)34-23(36)12-16-6-8-18(29)9-7-16/h3-11,13-14,32-33H,12,15H2,1-2H3,(H,35,37)(H,31,34,36). The largest absolute Gasteiger partial charge is 0.356 e. The molecule has 0 saturated heterocycles. The van der Waals surface area contributed by atoms with Gasteiger partial charge >= 0.3 is 0 Å². The van der Waals surface area contributed by atoms with Crippen LogP contribution in [0.15, 0.2) is 66.9 Å². The van der Waals surface area contributed by atoms with Crippen LogP contribution in [0.2, 0.25) is 0 Å². The van der Waals surface area contributed by atoms with Crippen LogP contribution in [-0.4, -0.2) is 27.3 Å². The number of hydrogen-bond acceptors (Lipinski definition) is 4. The number of aromatic nitrogens is 2. The molecular formula is C28H25F2N5O2. The molecule has 7 nitrogen and oxygen atoms in total. The van der Waals surface area contributed by atoms with E-state index < -0.39 is 11.4 Å². The van der Waals surface area contributed by atoms with E-state index in [2.05, 4.69) is 25.9 Å². The molecule has 2 aromatic carbocycles. The second-order valence-corrected chi connectivity index (χ2v) is 9.66. The average molecular weight is 502 g/mol. The molecule has 2 aromatic heterocycles. The molecule has 9 heteroatoms. The molecular weight excluding hydrogens is 476 g/mol. The number of fused-ring (bicyclic) bond motifs is 1. The number of carbonyl (C=O) groups is 2. The highest BCUT2D eigenvalue weighted by Gasteiger charge is 2.35. The summed E-state index contributed by atoms with van der Waals surface area (Å²) in [6.45, 7) is 3.88. The molecule has 37 heavy (non-hydrogen) atoms. The minimum absolute atomic E-state index is 0.0601. The molecule has 0 bridgehead atoms. The van der Waals surface area contributed by atoms with Gasteiger partial charge in [-0.3, -0.25) is 9.59 Å². The highest BCUT2D eigenvalue weighted by Crippen LogP contribution is 2.39. The molecule has 2 amide bonds. The van der Waals surface area contributed by atoms with E-state index in [0.717, 1.165) is 5.69 Å². The SMILES string of the molecule is CC1(C)Cc2[nH]c(-c3ccnc(NC(=O)Cc4ccc(F)cc4)c3)c(Nc3cccc(F)c3)c2C(=O)N1.